The van der Waals surface area contributed by atoms with E-state index in [1.165, 1.54) is 6.92 Å². The van der Waals surface area contributed by atoms with Crippen LogP contribution in [0.25, 0.3) is 0 Å². The van der Waals surface area contributed by atoms with Crippen molar-refractivity contribution in [1.29, 1.82) is 0 Å². The van der Waals surface area contributed by atoms with Crippen LogP contribution in [0.15, 0.2) is 41.6 Å². The highest BCUT2D eigenvalue weighted by molar-refractivity contribution is 7.80. The van der Waals surface area contributed by atoms with Crippen LogP contribution in [0, 0.1) is 0 Å². The summed E-state index contributed by atoms with van der Waals surface area (Å²) in [6.45, 7) is 5.10. The average Bonchev–Trinajstić information content (AvgIpc) is 2.73. The Morgan fingerprint density at radius 1 is 1.36 bits per heavy atom. The summed E-state index contributed by atoms with van der Waals surface area (Å²) in [7, 11) is 0. The first-order valence-corrected chi connectivity index (χ1v) is 6.60. The van der Waals surface area contributed by atoms with E-state index in [2.05, 4.69) is 27.8 Å². The van der Waals surface area contributed by atoms with E-state index in [0.29, 0.717) is 17.1 Å². The zero-order valence-corrected chi connectivity index (χ0v) is 12.5. The molecule has 9 heteroatoms. The number of hydrazone groups is 1. The molecule has 0 aliphatic carbocycles. The van der Waals surface area contributed by atoms with Crippen LogP contribution < -0.4 is 21.9 Å². The van der Waals surface area contributed by atoms with Crippen molar-refractivity contribution in [1.82, 2.24) is 10.4 Å². The maximum Gasteiger partial charge on any atom is 0.301 e. The van der Waals surface area contributed by atoms with Crippen molar-refractivity contribution in [3.05, 3.63) is 36.5 Å². The lowest BCUT2D eigenvalue weighted by Crippen LogP contribution is -2.43. The van der Waals surface area contributed by atoms with Gasteiger partial charge in [-0.2, -0.15) is 10.1 Å². The van der Waals surface area contributed by atoms with Crippen molar-refractivity contribution in [2.24, 2.45) is 10.8 Å². The molecule has 2 rings (SSSR count). The fraction of sp³-hybridized carbons (Fsp3) is 0.0769. The van der Waals surface area contributed by atoms with Crippen molar-refractivity contribution in [3.8, 4) is 0 Å². The molecule has 1 saturated heterocycles. The summed E-state index contributed by atoms with van der Waals surface area (Å²) < 4.78 is 0. The van der Waals surface area contributed by atoms with Gasteiger partial charge in [0.05, 0.1) is 11.4 Å². The molecule has 0 spiro atoms. The predicted molar refractivity (Wildman–Crippen MR) is 87.7 cm³/mol. The van der Waals surface area contributed by atoms with Crippen molar-refractivity contribution >= 4 is 46.2 Å². The van der Waals surface area contributed by atoms with E-state index >= 15 is 0 Å². The third-order valence-electron chi connectivity index (χ3n) is 2.66. The van der Waals surface area contributed by atoms with Crippen LogP contribution in [0.2, 0.25) is 0 Å². The van der Waals surface area contributed by atoms with Gasteiger partial charge in [-0.3, -0.25) is 20.4 Å². The van der Waals surface area contributed by atoms with Gasteiger partial charge in [0.1, 0.15) is 0 Å². The molecule has 0 unspecified atom stereocenters. The average molecular weight is 318 g/mol. The number of hydrogen-bond donors (Lipinski definition) is 4. The van der Waals surface area contributed by atoms with Gasteiger partial charge >= 0.3 is 5.91 Å². The van der Waals surface area contributed by atoms with E-state index in [4.69, 9.17) is 18.0 Å². The molecule has 114 valence electrons. The standard InChI is InChI=1S/C13H14N6O2S/c1-7-11(12(21)19(18-7)13(14)22)17-16-10-5-3-9(4-6-10)15-8(2)20/h3-6,16,18H,1H2,2H3,(H2,14,22)(H,15,20). The highest BCUT2D eigenvalue weighted by atomic mass is 32.1. The molecule has 0 atom stereocenters. The SMILES string of the molecule is C=C1NN(C(N)=S)C(=O)C1=NNc1ccc(NC(C)=O)cc1. The lowest BCUT2D eigenvalue weighted by molar-refractivity contribution is -0.120. The van der Waals surface area contributed by atoms with Gasteiger partial charge in [-0.1, -0.05) is 6.58 Å². The number of carbonyl (C=O) groups is 2. The molecule has 1 aromatic carbocycles. The Balaban J connectivity index is 2.08. The molecule has 0 bridgehead atoms. The highest BCUT2D eigenvalue weighted by Crippen LogP contribution is 2.14. The Kier molecular flexibility index (Phi) is 4.37. The number of amides is 2. The topological polar surface area (TPSA) is 112 Å². The van der Waals surface area contributed by atoms with E-state index in [1.807, 2.05) is 0 Å². The smallest absolute Gasteiger partial charge is 0.301 e. The second kappa shape index (κ2) is 6.22. The largest absolute Gasteiger partial charge is 0.374 e. The second-order valence-electron chi connectivity index (χ2n) is 4.40. The molecule has 0 aromatic heterocycles. The van der Waals surface area contributed by atoms with Crippen LogP contribution in [-0.4, -0.2) is 27.6 Å². The number of thiocarbonyl (C=S) groups is 1. The van der Waals surface area contributed by atoms with Crippen LogP contribution in [0.5, 0.6) is 0 Å². The van der Waals surface area contributed by atoms with Crippen molar-refractivity contribution < 1.29 is 9.59 Å². The van der Waals surface area contributed by atoms with E-state index in [1.54, 1.807) is 24.3 Å². The minimum Gasteiger partial charge on any atom is -0.374 e. The minimum absolute atomic E-state index is 0.0822. The maximum atomic E-state index is 12.0. The third-order valence-corrected chi connectivity index (χ3v) is 2.84. The van der Waals surface area contributed by atoms with Crippen molar-refractivity contribution in [2.45, 2.75) is 6.92 Å². The van der Waals surface area contributed by atoms with Crippen molar-refractivity contribution in [3.63, 3.8) is 0 Å². The normalized spacial score (nSPS) is 15.7. The summed E-state index contributed by atoms with van der Waals surface area (Å²) in [4.78, 5) is 22.9. The maximum absolute atomic E-state index is 12.0. The van der Waals surface area contributed by atoms with Gasteiger partial charge in [0.15, 0.2) is 10.8 Å². The number of nitrogens with one attached hydrogen (secondary N) is 3. The van der Waals surface area contributed by atoms with Gasteiger partial charge in [-0.25, -0.2) is 0 Å². The molecule has 1 aliphatic rings. The van der Waals surface area contributed by atoms with Gasteiger partial charge in [-0.05, 0) is 36.5 Å². The first-order valence-electron chi connectivity index (χ1n) is 6.19. The number of anilines is 2. The summed E-state index contributed by atoms with van der Waals surface area (Å²) in [5, 5.41) is 7.50. The fourth-order valence-electron chi connectivity index (χ4n) is 1.70. The lowest BCUT2D eigenvalue weighted by atomic mass is 10.3. The van der Waals surface area contributed by atoms with E-state index in [-0.39, 0.29) is 16.7 Å². The number of rotatable bonds is 3. The molecule has 0 saturated carbocycles. The molecular weight excluding hydrogens is 304 g/mol. The molecule has 1 aromatic rings. The number of nitrogens with zero attached hydrogens (tertiary/aromatic N) is 2. The summed E-state index contributed by atoms with van der Waals surface area (Å²) in [5.74, 6) is -0.641. The molecule has 1 aliphatic heterocycles. The fourth-order valence-corrected chi connectivity index (χ4v) is 1.82. The molecule has 2 amide bonds. The van der Waals surface area contributed by atoms with Crippen LogP contribution in [0.3, 0.4) is 0 Å². The summed E-state index contributed by atoms with van der Waals surface area (Å²) >= 11 is 4.73. The molecule has 1 fully saturated rings. The van der Waals surface area contributed by atoms with Gasteiger partial charge in [0.2, 0.25) is 5.91 Å². The number of hydrogen-bond acceptors (Lipinski definition) is 6. The number of carbonyl (C=O) groups excluding carboxylic acids is 2. The second-order valence-corrected chi connectivity index (χ2v) is 4.82. The van der Waals surface area contributed by atoms with Crippen LogP contribution in [0.4, 0.5) is 11.4 Å². The minimum atomic E-state index is -0.486. The Morgan fingerprint density at radius 2 is 1.95 bits per heavy atom. The summed E-state index contributed by atoms with van der Waals surface area (Å²) in [5.41, 5.74) is 12.4. The Hall–Kier alpha value is -2.94. The summed E-state index contributed by atoms with van der Waals surface area (Å²) in [6, 6.07) is 6.82. The molecular formula is C13H14N6O2S. The quantitative estimate of drug-likeness (QED) is 0.477. The first kappa shape index (κ1) is 15.4. The lowest BCUT2D eigenvalue weighted by Gasteiger charge is -2.11. The van der Waals surface area contributed by atoms with Crippen molar-refractivity contribution in [2.75, 3.05) is 10.7 Å². The van der Waals surface area contributed by atoms with E-state index in [9.17, 15) is 9.59 Å². The molecule has 22 heavy (non-hydrogen) atoms. The number of hydrazine groups is 1. The zero-order chi connectivity index (χ0) is 16.3. The van der Waals surface area contributed by atoms with Crippen LogP contribution >= 0.6 is 12.2 Å². The Labute approximate surface area is 132 Å². The van der Waals surface area contributed by atoms with E-state index in [0.717, 1.165) is 5.01 Å². The van der Waals surface area contributed by atoms with E-state index < -0.39 is 5.91 Å². The number of nitrogens with two attached hydrogens (primary N) is 1. The Morgan fingerprint density at radius 3 is 2.45 bits per heavy atom. The zero-order valence-electron chi connectivity index (χ0n) is 11.7. The van der Waals surface area contributed by atoms with Gasteiger partial charge in [0.25, 0.3) is 0 Å². The number of benzene rings is 1. The highest BCUT2D eigenvalue weighted by Gasteiger charge is 2.32. The predicted octanol–water partition coefficient (Wildman–Crippen LogP) is 0.517. The van der Waals surface area contributed by atoms with Gasteiger partial charge in [0, 0.05) is 12.6 Å². The molecule has 1 heterocycles. The van der Waals surface area contributed by atoms with Crippen LogP contribution in [-0.2, 0) is 9.59 Å². The van der Waals surface area contributed by atoms with Gasteiger partial charge in [-0.15, -0.1) is 0 Å². The first-order chi connectivity index (χ1) is 10.4. The molecule has 0 radical (unpaired) electrons. The van der Waals surface area contributed by atoms with Crippen LogP contribution in [0.1, 0.15) is 6.92 Å². The third kappa shape index (κ3) is 3.38. The van der Waals surface area contributed by atoms with Gasteiger partial charge < -0.3 is 11.1 Å². The Bertz CT molecular complexity index is 682. The molecule has 8 nitrogen and oxygen atoms in total. The monoisotopic (exact) mass is 318 g/mol. The summed E-state index contributed by atoms with van der Waals surface area (Å²) in [6.07, 6.45) is 0. The molecule has 5 N–H and O–H groups in total.